The van der Waals surface area contributed by atoms with Crippen LogP contribution in [0, 0.1) is 0 Å². The molecule has 14 heavy (non-hydrogen) atoms. The van der Waals surface area contributed by atoms with Crippen LogP contribution >= 0.6 is 23.2 Å². The number of hydrogen-bond acceptors (Lipinski definition) is 1. The standard InChI is InChI=1S/C11H10Cl2O/c1-7(8(2)14)5-9-3-4-10(12)11(13)6-9/h3-6H,1-2H3. The van der Waals surface area contributed by atoms with E-state index in [9.17, 15) is 4.79 Å². The molecule has 0 atom stereocenters. The Balaban J connectivity index is 3.04. The molecule has 0 unspecified atom stereocenters. The number of halogens is 2. The highest BCUT2D eigenvalue weighted by Gasteiger charge is 1.99. The smallest absolute Gasteiger partial charge is 0.155 e. The molecule has 0 aliphatic rings. The van der Waals surface area contributed by atoms with Gasteiger partial charge in [0.2, 0.25) is 0 Å². The van der Waals surface area contributed by atoms with Crippen LogP contribution in [0.4, 0.5) is 0 Å². The zero-order valence-corrected chi connectivity index (χ0v) is 9.49. The molecule has 0 saturated heterocycles. The van der Waals surface area contributed by atoms with Gasteiger partial charge in [0.15, 0.2) is 5.78 Å². The van der Waals surface area contributed by atoms with Crippen molar-refractivity contribution in [3.63, 3.8) is 0 Å². The van der Waals surface area contributed by atoms with Crippen LogP contribution in [-0.2, 0) is 4.79 Å². The van der Waals surface area contributed by atoms with Crippen molar-refractivity contribution in [2.24, 2.45) is 0 Å². The molecule has 0 spiro atoms. The highest BCUT2D eigenvalue weighted by atomic mass is 35.5. The third-order valence-electron chi connectivity index (χ3n) is 1.88. The third kappa shape index (κ3) is 2.86. The zero-order valence-electron chi connectivity index (χ0n) is 7.97. The second-order valence-corrected chi connectivity index (χ2v) is 3.87. The van der Waals surface area contributed by atoms with Gasteiger partial charge in [-0.3, -0.25) is 4.79 Å². The van der Waals surface area contributed by atoms with Gasteiger partial charge in [0.25, 0.3) is 0 Å². The molecule has 0 saturated carbocycles. The summed E-state index contributed by atoms with van der Waals surface area (Å²) in [6.07, 6.45) is 1.78. The first-order valence-electron chi connectivity index (χ1n) is 4.15. The topological polar surface area (TPSA) is 17.1 Å². The Kier molecular flexibility index (Phi) is 3.73. The van der Waals surface area contributed by atoms with Crippen molar-refractivity contribution in [2.45, 2.75) is 13.8 Å². The Hall–Kier alpha value is -0.790. The van der Waals surface area contributed by atoms with Gasteiger partial charge in [0.05, 0.1) is 10.0 Å². The van der Waals surface area contributed by atoms with Crippen LogP contribution in [0.2, 0.25) is 10.0 Å². The second kappa shape index (κ2) is 4.63. The molecule has 0 heterocycles. The number of carbonyl (C=O) groups excluding carboxylic acids is 1. The molecule has 0 N–H and O–H groups in total. The maximum Gasteiger partial charge on any atom is 0.155 e. The number of carbonyl (C=O) groups is 1. The van der Waals surface area contributed by atoms with E-state index in [0.29, 0.717) is 15.6 Å². The van der Waals surface area contributed by atoms with E-state index >= 15 is 0 Å². The molecule has 0 fully saturated rings. The average molecular weight is 229 g/mol. The van der Waals surface area contributed by atoms with Gasteiger partial charge in [0.1, 0.15) is 0 Å². The molecule has 1 aromatic carbocycles. The number of benzene rings is 1. The lowest BCUT2D eigenvalue weighted by molar-refractivity contribution is -0.113. The van der Waals surface area contributed by atoms with Gasteiger partial charge in [-0.1, -0.05) is 29.3 Å². The van der Waals surface area contributed by atoms with E-state index in [1.54, 1.807) is 25.1 Å². The van der Waals surface area contributed by atoms with E-state index in [-0.39, 0.29) is 5.78 Å². The fraction of sp³-hybridized carbons (Fsp3) is 0.182. The number of hydrogen-bond donors (Lipinski definition) is 0. The second-order valence-electron chi connectivity index (χ2n) is 3.06. The molecule has 3 heteroatoms. The van der Waals surface area contributed by atoms with Gasteiger partial charge in [-0.25, -0.2) is 0 Å². The number of ketones is 1. The van der Waals surface area contributed by atoms with Gasteiger partial charge >= 0.3 is 0 Å². The number of Topliss-reactive ketones (excluding diaryl/α,β-unsaturated/α-hetero) is 1. The third-order valence-corrected chi connectivity index (χ3v) is 2.62. The average Bonchev–Trinajstić information content (AvgIpc) is 2.11. The Bertz CT molecular complexity index is 394. The monoisotopic (exact) mass is 228 g/mol. The maximum atomic E-state index is 11.0. The fourth-order valence-electron chi connectivity index (χ4n) is 0.954. The Morgan fingerprint density at radius 1 is 1.21 bits per heavy atom. The van der Waals surface area contributed by atoms with E-state index in [0.717, 1.165) is 5.56 Å². The molecule has 1 nitrogen and oxygen atoms in total. The van der Waals surface area contributed by atoms with Crippen molar-refractivity contribution in [1.82, 2.24) is 0 Å². The van der Waals surface area contributed by atoms with Gasteiger partial charge in [0, 0.05) is 0 Å². The van der Waals surface area contributed by atoms with Crippen LogP contribution in [0.1, 0.15) is 19.4 Å². The Morgan fingerprint density at radius 3 is 2.36 bits per heavy atom. The van der Waals surface area contributed by atoms with E-state index < -0.39 is 0 Å². The van der Waals surface area contributed by atoms with E-state index in [1.165, 1.54) is 6.92 Å². The Morgan fingerprint density at radius 2 is 1.86 bits per heavy atom. The molecular weight excluding hydrogens is 219 g/mol. The maximum absolute atomic E-state index is 11.0. The SMILES string of the molecule is CC(=O)C(C)=Cc1ccc(Cl)c(Cl)c1. The fourth-order valence-corrected chi connectivity index (χ4v) is 1.26. The van der Waals surface area contributed by atoms with Crippen LogP contribution in [0.5, 0.6) is 0 Å². The molecule has 1 rings (SSSR count). The summed E-state index contributed by atoms with van der Waals surface area (Å²) >= 11 is 11.6. The molecule has 0 radical (unpaired) electrons. The summed E-state index contributed by atoms with van der Waals surface area (Å²) in [5.74, 6) is 0.0519. The first-order chi connectivity index (χ1) is 6.50. The molecule has 74 valence electrons. The summed E-state index contributed by atoms with van der Waals surface area (Å²) < 4.78 is 0. The minimum atomic E-state index is 0.0519. The highest BCUT2D eigenvalue weighted by Crippen LogP contribution is 2.23. The molecule has 0 aliphatic carbocycles. The summed E-state index contributed by atoms with van der Waals surface area (Å²) in [5, 5.41) is 1.01. The van der Waals surface area contributed by atoms with Crippen LogP contribution in [-0.4, -0.2) is 5.78 Å². The van der Waals surface area contributed by atoms with Crippen molar-refractivity contribution in [2.75, 3.05) is 0 Å². The summed E-state index contributed by atoms with van der Waals surface area (Å²) in [6.45, 7) is 3.30. The van der Waals surface area contributed by atoms with Crippen molar-refractivity contribution in [3.05, 3.63) is 39.4 Å². The molecule has 0 amide bonds. The van der Waals surface area contributed by atoms with E-state index in [4.69, 9.17) is 23.2 Å². The van der Waals surface area contributed by atoms with Crippen LogP contribution in [0.15, 0.2) is 23.8 Å². The minimum absolute atomic E-state index is 0.0519. The van der Waals surface area contributed by atoms with E-state index in [2.05, 4.69) is 0 Å². The van der Waals surface area contributed by atoms with Crippen molar-refractivity contribution >= 4 is 35.1 Å². The van der Waals surface area contributed by atoms with Gasteiger partial charge in [-0.2, -0.15) is 0 Å². The van der Waals surface area contributed by atoms with Crippen LogP contribution < -0.4 is 0 Å². The first kappa shape index (κ1) is 11.3. The largest absolute Gasteiger partial charge is 0.295 e. The lowest BCUT2D eigenvalue weighted by Crippen LogP contribution is -1.90. The zero-order chi connectivity index (χ0) is 10.7. The molecule has 0 aromatic heterocycles. The highest BCUT2D eigenvalue weighted by molar-refractivity contribution is 6.42. The normalized spacial score (nSPS) is 11.6. The van der Waals surface area contributed by atoms with Crippen LogP contribution in [0.25, 0.3) is 6.08 Å². The molecule has 0 bridgehead atoms. The van der Waals surface area contributed by atoms with Crippen molar-refractivity contribution in [3.8, 4) is 0 Å². The van der Waals surface area contributed by atoms with Gasteiger partial charge < -0.3 is 0 Å². The van der Waals surface area contributed by atoms with Crippen molar-refractivity contribution in [1.29, 1.82) is 0 Å². The lowest BCUT2D eigenvalue weighted by atomic mass is 10.1. The first-order valence-corrected chi connectivity index (χ1v) is 4.90. The van der Waals surface area contributed by atoms with Gasteiger partial charge in [-0.05, 0) is 43.2 Å². The summed E-state index contributed by atoms with van der Waals surface area (Å²) in [6, 6.07) is 5.26. The van der Waals surface area contributed by atoms with Gasteiger partial charge in [-0.15, -0.1) is 0 Å². The van der Waals surface area contributed by atoms with Crippen LogP contribution in [0.3, 0.4) is 0 Å². The molecule has 0 aliphatic heterocycles. The minimum Gasteiger partial charge on any atom is -0.295 e. The molecule has 1 aromatic rings. The summed E-state index contributed by atoms with van der Waals surface area (Å²) in [4.78, 5) is 11.0. The predicted octanol–water partition coefficient (Wildman–Crippen LogP) is 3.99. The van der Waals surface area contributed by atoms with E-state index in [1.807, 2.05) is 6.07 Å². The predicted molar refractivity (Wildman–Crippen MR) is 60.8 cm³/mol. The summed E-state index contributed by atoms with van der Waals surface area (Å²) in [7, 11) is 0. The number of allylic oxidation sites excluding steroid dienone is 1. The lowest BCUT2D eigenvalue weighted by Gasteiger charge is -1.99. The van der Waals surface area contributed by atoms with Crippen molar-refractivity contribution < 1.29 is 4.79 Å². The molecular formula is C11H10Cl2O. The quantitative estimate of drug-likeness (QED) is 0.701. The summed E-state index contributed by atoms with van der Waals surface area (Å²) in [5.41, 5.74) is 1.58. The Labute approximate surface area is 93.3 Å². The number of rotatable bonds is 2.